The topological polar surface area (TPSA) is 70.7 Å². The predicted molar refractivity (Wildman–Crippen MR) is 53.1 cm³/mol. The quantitative estimate of drug-likeness (QED) is 0.556. The molecule has 0 radical (unpaired) electrons. The standard InChI is InChI=1S/C9H10N4O/c14-6-2-5-11-9-12-7-3-1-4-10-8(7)13-9/h1,3-4,6H,2,5H2,(H2,10,11,12,13). The van der Waals surface area contributed by atoms with E-state index < -0.39 is 0 Å². The molecule has 2 heterocycles. The van der Waals surface area contributed by atoms with Crippen LogP contribution in [0.2, 0.25) is 0 Å². The van der Waals surface area contributed by atoms with E-state index in [1.807, 2.05) is 12.1 Å². The van der Waals surface area contributed by atoms with E-state index >= 15 is 0 Å². The minimum atomic E-state index is 0.477. The molecule has 2 aromatic rings. The summed E-state index contributed by atoms with van der Waals surface area (Å²) in [6.45, 7) is 0.587. The largest absolute Gasteiger partial charge is 0.355 e. The highest BCUT2D eigenvalue weighted by molar-refractivity contribution is 5.72. The maximum absolute atomic E-state index is 10.1. The van der Waals surface area contributed by atoms with Crippen molar-refractivity contribution in [3.8, 4) is 0 Å². The van der Waals surface area contributed by atoms with E-state index in [-0.39, 0.29) is 0 Å². The molecule has 0 amide bonds. The first-order chi connectivity index (χ1) is 6.90. The fourth-order valence-electron chi connectivity index (χ4n) is 1.18. The van der Waals surface area contributed by atoms with Crippen LogP contribution in [0.1, 0.15) is 6.42 Å². The van der Waals surface area contributed by atoms with Gasteiger partial charge in [-0.25, -0.2) is 4.98 Å². The molecule has 0 bridgehead atoms. The molecule has 5 nitrogen and oxygen atoms in total. The number of fused-ring (bicyclic) bond motifs is 1. The zero-order chi connectivity index (χ0) is 9.80. The number of anilines is 1. The lowest BCUT2D eigenvalue weighted by atomic mass is 10.4. The average molecular weight is 190 g/mol. The van der Waals surface area contributed by atoms with E-state index in [0.29, 0.717) is 24.6 Å². The van der Waals surface area contributed by atoms with Gasteiger partial charge in [0.05, 0.1) is 5.52 Å². The van der Waals surface area contributed by atoms with Crippen LogP contribution in [-0.4, -0.2) is 27.8 Å². The SMILES string of the molecule is O=CCCNc1nc2ncccc2[nH]1. The van der Waals surface area contributed by atoms with Crippen molar-refractivity contribution in [1.82, 2.24) is 15.0 Å². The molecule has 0 fully saturated rings. The molecule has 72 valence electrons. The number of nitrogens with zero attached hydrogens (tertiary/aromatic N) is 2. The molecule has 0 unspecified atom stereocenters. The van der Waals surface area contributed by atoms with Crippen molar-refractivity contribution in [3.05, 3.63) is 18.3 Å². The zero-order valence-corrected chi connectivity index (χ0v) is 7.53. The van der Waals surface area contributed by atoms with E-state index in [1.165, 1.54) is 0 Å². The summed E-state index contributed by atoms with van der Waals surface area (Å²) < 4.78 is 0. The highest BCUT2D eigenvalue weighted by atomic mass is 16.1. The maximum Gasteiger partial charge on any atom is 0.202 e. The lowest BCUT2D eigenvalue weighted by molar-refractivity contribution is -0.107. The monoisotopic (exact) mass is 190 g/mol. The minimum Gasteiger partial charge on any atom is -0.355 e. The smallest absolute Gasteiger partial charge is 0.202 e. The molecule has 0 aliphatic rings. The molecule has 2 aromatic heterocycles. The molecule has 0 aliphatic heterocycles. The van der Waals surface area contributed by atoms with Crippen LogP contribution in [0.15, 0.2) is 18.3 Å². The Kier molecular flexibility index (Phi) is 2.40. The van der Waals surface area contributed by atoms with Crippen LogP contribution in [0, 0.1) is 0 Å². The fourth-order valence-corrected chi connectivity index (χ4v) is 1.18. The van der Waals surface area contributed by atoms with E-state index in [9.17, 15) is 4.79 Å². The van der Waals surface area contributed by atoms with Crippen LogP contribution in [-0.2, 0) is 4.79 Å². The van der Waals surface area contributed by atoms with E-state index in [2.05, 4.69) is 20.3 Å². The number of aromatic amines is 1. The highest BCUT2D eigenvalue weighted by Crippen LogP contribution is 2.10. The summed E-state index contributed by atoms with van der Waals surface area (Å²) >= 11 is 0. The highest BCUT2D eigenvalue weighted by Gasteiger charge is 2.00. The van der Waals surface area contributed by atoms with Gasteiger partial charge in [-0.05, 0) is 12.1 Å². The van der Waals surface area contributed by atoms with E-state index in [1.54, 1.807) is 6.20 Å². The summed E-state index contributed by atoms with van der Waals surface area (Å²) in [6, 6.07) is 3.75. The van der Waals surface area contributed by atoms with Gasteiger partial charge >= 0.3 is 0 Å². The van der Waals surface area contributed by atoms with Crippen molar-refractivity contribution < 1.29 is 4.79 Å². The number of hydrogen-bond donors (Lipinski definition) is 2. The van der Waals surface area contributed by atoms with Gasteiger partial charge in [-0.15, -0.1) is 0 Å². The molecule has 0 aromatic carbocycles. The number of nitrogens with one attached hydrogen (secondary N) is 2. The van der Waals surface area contributed by atoms with Gasteiger partial charge in [-0.1, -0.05) is 0 Å². The van der Waals surface area contributed by atoms with Crippen LogP contribution in [0.4, 0.5) is 5.95 Å². The number of carbonyl (C=O) groups excluding carboxylic acids is 1. The van der Waals surface area contributed by atoms with Crippen LogP contribution in [0.25, 0.3) is 11.2 Å². The van der Waals surface area contributed by atoms with Crippen molar-refractivity contribution in [2.75, 3.05) is 11.9 Å². The predicted octanol–water partition coefficient (Wildman–Crippen LogP) is 0.959. The number of H-pyrrole nitrogens is 1. The summed E-state index contributed by atoms with van der Waals surface area (Å²) in [6.07, 6.45) is 3.04. The third-order valence-corrected chi connectivity index (χ3v) is 1.81. The van der Waals surface area contributed by atoms with Gasteiger partial charge in [0.2, 0.25) is 5.95 Å². The second-order valence-corrected chi connectivity index (χ2v) is 2.84. The van der Waals surface area contributed by atoms with Gasteiger partial charge in [0.1, 0.15) is 6.29 Å². The summed E-state index contributed by atoms with van der Waals surface area (Å²) in [4.78, 5) is 21.4. The normalized spacial score (nSPS) is 10.3. The van der Waals surface area contributed by atoms with Crippen molar-refractivity contribution in [3.63, 3.8) is 0 Å². The molecule has 2 rings (SSSR count). The molecule has 0 aliphatic carbocycles. The number of pyridine rings is 1. The molecule has 14 heavy (non-hydrogen) atoms. The Morgan fingerprint density at radius 2 is 2.50 bits per heavy atom. The van der Waals surface area contributed by atoms with Crippen LogP contribution < -0.4 is 5.32 Å². The number of carbonyl (C=O) groups is 1. The Morgan fingerprint density at radius 3 is 3.29 bits per heavy atom. The second-order valence-electron chi connectivity index (χ2n) is 2.84. The van der Waals surface area contributed by atoms with Gasteiger partial charge in [0, 0.05) is 19.2 Å². The second kappa shape index (κ2) is 3.87. The van der Waals surface area contributed by atoms with Crippen molar-refractivity contribution in [2.45, 2.75) is 6.42 Å². The van der Waals surface area contributed by atoms with Gasteiger partial charge in [0.25, 0.3) is 0 Å². The molecule has 0 saturated carbocycles. The van der Waals surface area contributed by atoms with Crippen molar-refractivity contribution in [2.24, 2.45) is 0 Å². The number of rotatable bonds is 4. The summed E-state index contributed by atoms with van der Waals surface area (Å²) in [7, 11) is 0. The Bertz CT molecular complexity index is 404. The number of aldehydes is 1. The minimum absolute atomic E-state index is 0.477. The maximum atomic E-state index is 10.1. The summed E-state index contributed by atoms with van der Waals surface area (Å²) in [5, 5.41) is 3.00. The third kappa shape index (κ3) is 1.71. The van der Waals surface area contributed by atoms with Gasteiger partial charge in [-0.2, -0.15) is 4.98 Å². The summed E-state index contributed by atoms with van der Waals surface area (Å²) in [5.41, 5.74) is 1.57. The van der Waals surface area contributed by atoms with E-state index in [0.717, 1.165) is 11.8 Å². The lowest BCUT2D eigenvalue weighted by Crippen LogP contribution is -2.02. The zero-order valence-electron chi connectivity index (χ0n) is 7.53. The van der Waals surface area contributed by atoms with Gasteiger partial charge < -0.3 is 15.1 Å². The fraction of sp³-hybridized carbons (Fsp3) is 0.222. The first-order valence-electron chi connectivity index (χ1n) is 4.38. The number of hydrogen-bond acceptors (Lipinski definition) is 4. The third-order valence-electron chi connectivity index (χ3n) is 1.81. The first-order valence-corrected chi connectivity index (χ1v) is 4.38. The van der Waals surface area contributed by atoms with Crippen LogP contribution in [0.3, 0.4) is 0 Å². The van der Waals surface area contributed by atoms with Crippen molar-refractivity contribution in [1.29, 1.82) is 0 Å². The molecular weight excluding hydrogens is 180 g/mol. The Balaban J connectivity index is 2.14. The van der Waals surface area contributed by atoms with Crippen LogP contribution >= 0.6 is 0 Å². The van der Waals surface area contributed by atoms with Crippen molar-refractivity contribution >= 4 is 23.4 Å². The molecule has 0 saturated heterocycles. The van der Waals surface area contributed by atoms with E-state index in [4.69, 9.17) is 0 Å². The molecule has 0 atom stereocenters. The Morgan fingerprint density at radius 1 is 1.57 bits per heavy atom. The first kappa shape index (κ1) is 8.68. The Hall–Kier alpha value is -1.91. The van der Waals surface area contributed by atoms with Gasteiger partial charge in [0.15, 0.2) is 5.65 Å². The molecular formula is C9H10N4O. The van der Waals surface area contributed by atoms with Crippen LogP contribution in [0.5, 0.6) is 0 Å². The lowest BCUT2D eigenvalue weighted by Gasteiger charge is -1.96. The number of imidazole rings is 1. The van der Waals surface area contributed by atoms with Gasteiger partial charge in [-0.3, -0.25) is 0 Å². The molecule has 5 heteroatoms. The molecule has 0 spiro atoms. The summed E-state index contributed by atoms with van der Waals surface area (Å²) in [5.74, 6) is 0.653. The Labute approximate surface area is 80.6 Å². The number of aromatic nitrogens is 3. The average Bonchev–Trinajstić information content (AvgIpc) is 2.60. The molecule has 2 N–H and O–H groups in total.